The van der Waals surface area contributed by atoms with Gasteiger partial charge in [-0.05, 0) is 18.2 Å². The van der Waals surface area contributed by atoms with Gasteiger partial charge in [0, 0.05) is 17.2 Å². The van der Waals surface area contributed by atoms with Gasteiger partial charge in [0.25, 0.3) is 5.89 Å². The number of nitrogens with two attached hydrogens (primary N) is 1. The molecule has 2 heterocycles. The average molecular weight is 293 g/mol. The number of hydrogen-bond donors (Lipinski definition) is 1. The number of benzene rings is 1. The highest BCUT2D eigenvalue weighted by molar-refractivity contribution is 7.99. The molecule has 0 radical (unpaired) electrons. The number of hydrogen-bond acceptors (Lipinski definition) is 7. The molecule has 1 aromatic carbocycles. The van der Waals surface area contributed by atoms with Crippen LogP contribution in [0.3, 0.4) is 0 Å². The molecule has 0 aliphatic carbocycles. The second-order valence-corrected chi connectivity index (χ2v) is 5.50. The lowest BCUT2D eigenvalue weighted by atomic mass is 10.1. The Morgan fingerprint density at radius 2 is 2.35 bits per heavy atom. The van der Waals surface area contributed by atoms with Crippen LogP contribution in [0.15, 0.2) is 22.7 Å². The highest BCUT2D eigenvalue weighted by Crippen LogP contribution is 2.31. The lowest BCUT2D eigenvalue weighted by molar-refractivity contribution is 0.0677. The van der Waals surface area contributed by atoms with Gasteiger partial charge >= 0.3 is 0 Å². The van der Waals surface area contributed by atoms with Crippen LogP contribution in [0.5, 0.6) is 5.75 Å². The monoisotopic (exact) mass is 293 g/mol. The molecule has 6 nitrogen and oxygen atoms in total. The average Bonchev–Trinajstić information content (AvgIpc) is 2.98. The fraction of sp³-hybridized carbons (Fsp3) is 0.385. The van der Waals surface area contributed by atoms with Crippen LogP contribution in [0.25, 0.3) is 11.5 Å². The van der Waals surface area contributed by atoms with Crippen molar-refractivity contribution in [1.29, 1.82) is 0 Å². The van der Waals surface area contributed by atoms with Gasteiger partial charge in [-0.3, -0.25) is 0 Å². The number of rotatable bonds is 3. The van der Waals surface area contributed by atoms with Gasteiger partial charge in [0.15, 0.2) is 0 Å². The minimum absolute atomic E-state index is 0.113. The first-order chi connectivity index (χ1) is 9.78. The molecular formula is C13H15N3O3S. The van der Waals surface area contributed by atoms with Crippen molar-refractivity contribution in [3.8, 4) is 17.2 Å². The molecule has 1 aromatic heterocycles. The Morgan fingerprint density at radius 3 is 3.10 bits per heavy atom. The second kappa shape index (κ2) is 5.72. The van der Waals surface area contributed by atoms with Crippen molar-refractivity contribution >= 4 is 17.4 Å². The second-order valence-electron chi connectivity index (χ2n) is 4.35. The first-order valence-electron chi connectivity index (χ1n) is 6.25. The standard InChI is InChI=1S/C13H15N3O3S/c1-17-8-2-3-10(14)9(6-8)13-15-12(16-19-13)11-7-20-5-4-18-11/h2-3,6,11H,4-5,7,14H2,1H3. The number of thioether (sulfide) groups is 1. The molecule has 0 amide bonds. The van der Waals surface area contributed by atoms with E-state index in [1.807, 2.05) is 11.8 Å². The third kappa shape index (κ3) is 2.59. The number of nitrogens with zero attached hydrogens (tertiary/aromatic N) is 2. The van der Waals surface area contributed by atoms with Crippen molar-refractivity contribution in [3.05, 3.63) is 24.0 Å². The van der Waals surface area contributed by atoms with Crippen molar-refractivity contribution in [3.63, 3.8) is 0 Å². The molecule has 1 fully saturated rings. The van der Waals surface area contributed by atoms with Crippen LogP contribution in [0.2, 0.25) is 0 Å². The van der Waals surface area contributed by atoms with E-state index in [9.17, 15) is 0 Å². The van der Waals surface area contributed by atoms with E-state index in [4.69, 9.17) is 19.7 Å². The van der Waals surface area contributed by atoms with Gasteiger partial charge in [0.2, 0.25) is 5.82 Å². The maximum atomic E-state index is 5.95. The third-order valence-electron chi connectivity index (χ3n) is 3.04. The Labute approximate surface area is 120 Å². The molecule has 7 heteroatoms. The van der Waals surface area contributed by atoms with Crippen LogP contribution in [0.4, 0.5) is 5.69 Å². The molecule has 2 N–H and O–H groups in total. The predicted octanol–water partition coefficient (Wildman–Crippen LogP) is 2.13. The van der Waals surface area contributed by atoms with Crippen LogP contribution in [0, 0.1) is 0 Å². The van der Waals surface area contributed by atoms with Crippen molar-refractivity contribution in [2.45, 2.75) is 6.10 Å². The zero-order chi connectivity index (χ0) is 13.9. The maximum absolute atomic E-state index is 5.95. The highest BCUT2D eigenvalue weighted by Gasteiger charge is 2.23. The summed E-state index contributed by atoms with van der Waals surface area (Å²) < 4.78 is 16.1. The third-order valence-corrected chi connectivity index (χ3v) is 4.03. The van der Waals surface area contributed by atoms with E-state index in [1.165, 1.54) is 0 Å². The van der Waals surface area contributed by atoms with Crippen molar-refractivity contribution < 1.29 is 14.0 Å². The predicted molar refractivity (Wildman–Crippen MR) is 76.7 cm³/mol. The Balaban J connectivity index is 1.89. The van der Waals surface area contributed by atoms with Crippen LogP contribution in [-0.4, -0.2) is 35.4 Å². The molecule has 106 valence electrons. The summed E-state index contributed by atoms with van der Waals surface area (Å²) in [6.07, 6.45) is -0.113. The number of nitrogen functional groups attached to an aromatic ring is 1. The summed E-state index contributed by atoms with van der Waals surface area (Å²) in [7, 11) is 1.60. The largest absolute Gasteiger partial charge is 0.497 e. The smallest absolute Gasteiger partial charge is 0.260 e. The van der Waals surface area contributed by atoms with Gasteiger partial charge in [-0.25, -0.2) is 0 Å². The van der Waals surface area contributed by atoms with Gasteiger partial charge in [0.1, 0.15) is 11.9 Å². The maximum Gasteiger partial charge on any atom is 0.260 e. The zero-order valence-electron chi connectivity index (χ0n) is 11.0. The molecule has 20 heavy (non-hydrogen) atoms. The summed E-state index contributed by atoms with van der Waals surface area (Å²) in [6.45, 7) is 0.709. The summed E-state index contributed by atoms with van der Waals surface area (Å²) in [5.74, 6) is 3.49. The van der Waals surface area contributed by atoms with Crippen molar-refractivity contribution in [1.82, 2.24) is 10.1 Å². The minimum atomic E-state index is -0.113. The van der Waals surface area contributed by atoms with Crippen LogP contribution in [0.1, 0.15) is 11.9 Å². The van der Waals surface area contributed by atoms with Crippen LogP contribution in [-0.2, 0) is 4.74 Å². The number of anilines is 1. The fourth-order valence-corrected chi connectivity index (χ4v) is 2.80. The summed E-state index contributed by atoms with van der Waals surface area (Å²) in [5, 5.41) is 3.99. The van der Waals surface area contributed by atoms with E-state index in [1.54, 1.807) is 25.3 Å². The Morgan fingerprint density at radius 1 is 1.45 bits per heavy atom. The summed E-state index contributed by atoms with van der Waals surface area (Å²) in [4.78, 5) is 4.39. The Bertz CT molecular complexity index is 596. The Kier molecular flexibility index (Phi) is 3.79. The molecule has 0 saturated carbocycles. The van der Waals surface area contributed by atoms with Gasteiger partial charge in [0.05, 0.1) is 19.3 Å². The number of ether oxygens (including phenoxy) is 2. The molecule has 0 bridgehead atoms. The van der Waals surface area contributed by atoms with Gasteiger partial charge < -0.3 is 19.7 Å². The molecule has 1 saturated heterocycles. The normalized spacial score (nSPS) is 18.9. The first kappa shape index (κ1) is 13.3. The SMILES string of the molecule is COc1ccc(N)c(-c2nc(C3CSCCO3)no2)c1. The number of methoxy groups -OCH3 is 1. The lowest BCUT2D eigenvalue weighted by Crippen LogP contribution is -2.16. The summed E-state index contributed by atoms with van der Waals surface area (Å²) in [6, 6.07) is 5.32. The molecule has 1 unspecified atom stereocenters. The zero-order valence-corrected chi connectivity index (χ0v) is 11.9. The van der Waals surface area contributed by atoms with Crippen molar-refractivity contribution in [2.24, 2.45) is 0 Å². The van der Waals surface area contributed by atoms with E-state index in [-0.39, 0.29) is 6.10 Å². The van der Waals surface area contributed by atoms with E-state index in [2.05, 4.69) is 10.1 Å². The van der Waals surface area contributed by atoms with Gasteiger partial charge in [-0.15, -0.1) is 0 Å². The van der Waals surface area contributed by atoms with E-state index >= 15 is 0 Å². The molecule has 1 atom stereocenters. The lowest BCUT2D eigenvalue weighted by Gasteiger charge is -2.18. The van der Waals surface area contributed by atoms with Crippen molar-refractivity contribution in [2.75, 3.05) is 31.0 Å². The number of aromatic nitrogens is 2. The first-order valence-corrected chi connectivity index (χ1v) is 7.40. The molecule has 3 rings (SSSR count). The topological polar surface area (TPSA) is 83.4 Å². The molecular weight excluding hydrogens is 278 g/mol. The van der Waals surface area contributed by atoms with E-state index < -0.39 is 0 Å². The minimum Gasteiger partial charge on any atom is -0.497 e. The van der Waals surface area contributed by atoms with E-state index in [0.29, 0.717) is 35.3 Å². The molecule has 2 aromatic rings. The van der Waals surface area contributed by atoms with Crippen LogP contribution >= 0.6 is 11.8 Å². The molecule has 0 spiro atoms. The summed E-state index contributed by atoms with van der Waals surface area (Å²) in [5.41, 5.74) is 7.19. The van der Waals surface area contributed by atoms with Crippen LogP contribution < -0.4 is 10.5 Å². The van der Waals surface area contributed by atoms with Gasteiger partial charge in [-0.2, -0.15) is 16.7 Å². The van der Waals surface area contributed by atoms with E-state index in [0.717, 1.165) is 11.5 Å². The fourth-order valence-electron chi connectivity index (χ4n) is 1.96. The quantitative estimate of drug-likeness (QED) is 0.868. The Hall–Kier alpha value is -1.73. The van der Waals surface area contributed by atoms with Gasteiger partial charge in [-0.1, -0.05) is 5.16 Å². The summed E-state index contributed by atoms with van der Waals surface area (Å²) >= 11 is 1.82. The molecule has 1 aliphatic heterocycles. The molecule has 1 aliphatic rings. The highest BCUT2D eigenvalue weighted by atomic mass is 32.2.